The lowest BCUT2D eigenvalue weighted by molar-refractivity contribution is -0.140. The molecule has 1 aromatic heterocycles. The van der Waals surface area contributed by atoms with Crippen molar-refractivity contribution in [3.05, 3.63) is 26.5 Å². The molecule has 0 atom stereocenters. The summed E-state index contributed by atoms with van der Waals surface area (Å²) in [4.78, 5) is 13.9. The molecule has 2 aliphatic rings. The zero-order chi connectivity index (χ0) is 13.8. The maximum atomic E-state index is 11.4. The highest BCUT2D eigenvalue weighted by atomic mass is 32.1. The summed E-state index contributed by atoms with van der Waals surface area (Å²) in [6, 6.07) is 0. The molecule has 0 aromatic carbocycles. The Labute approximate surface area is 117 Å². The van der Waals surface area contributed by atoms with Crippen molar-refractivity contribution in [2.45, 2.75) is 52.0 Å². The monoisotopic (exact) mass is 277 g/mol. The van der Waals surface area contributed by atoms with Crippen molar-refractivity contribution in [2.75, 3.05) is 0 Å². The van der Waals surface area contributed by atoms with Gasteiger partial charge < -0.3 is 10.4 Å². The van der Waals surface area contributed by atoms with Crippen molar-refractivity contribution in [3.8, 4) is 0 Å². The van der Waals surface area contributed by atoms with E-state index in [9.17, 15) is 9.90 Å². The van der Waals surface area contributed by atoms with Crippen LogP contribution in [0, 0.1) is 20.8 Å². The van der Waals surface area contributed by atoms with Gasteiger partial charge in [-0.15, -0.1) is 11.3 Å². The third kappa shape index (κ3) is 2.08. The van der Waals surface area contributed by atoms with E-state index in [0.717, 1.165) is 31.4 Å². The quantitative estimate of drug-likeness (QED) is 0.887. The number of hydrogen-bond donors (Lipinski definition) is 2. The summed E-state index contributed by atoms with van der Waals surface area (Å²) in [5, 5.41) is 12.7. The molecule has 3 nitrogen and oxygen atoms in total. The summed E-state index contributed by atoms with van der Waals surface area (Å²) in [6.45, 7) is 6.42. The van der Waals surface area contributed by atoms with Crippen LogP contribution in [0.4, 0.5) is 0 Å². The molecule has 2 N–H and O–H groups in total. The number of hydrogen-bond acceptors (Lipinski definition) is 3. The van der Waals surface area contributed by atoms with E-state index in [2.05, 4.69) is 26.1 Å². The number of carbonyl (C=O) groups is 1. The molecule has 0 bridgehead atoms. The number of thiophene rings is 1. The highest BCUT2D eigenvalue weighted by molar-refractivity contribution is 7.13. The van der Waals surface area contributed by atoms with Crippen molar-refractivity contribution in [1.82, 2.24) is 5.32 Å². The number of allylic oxidation sites excluding steroid dienone is 1. The third-order valence-electron chi connectivity index (χ3n) is 4.29. The van der Waals surface area contributed by atoms with Gasteiger partial charge in [0.25, 0.3) is 0 Å². The number of aryl methyl sites for hydroxylation is 1. The molecule has 0 amide bonds. The van der Waals surface area contributed by atoms with E-state index in [4.69, 9.17) is 0 Å². The number of carboxylic acid groups (broad SMARTS) is 1. The minimum Gasteiger partial charge on any atom is -0.480 e. The molecule has 19 heavy (non-hydrogen) atoms. The first-order valence-electron chi connectivity index (χ1n) is 6.75. The first kappa shape index (κ1) is 12.7. The second-order valence-corrected chi connectivity index (χ2v) is 6.95. The Hall–Kier alpha value is -1.29. The van der Waals surface area contributed by atoms with Gasteiger partial charge >= 0.3 is 5.97 Å². The fourth-order valence-corrected chi connectivity index (χ4v) is 3.57. The lowest BCUT2D eigenvalue weighted by Gasteiger charge is -2.17. The topological polar surface area (TPSA) is 49.3 Å². The first-order valence-corrected chi connectivity index (χ1v) is 7.57. The normalized spacial score (nSPS) is 19.2. The second kappa shape index (κ2) is 4.10. The van der Waals surface area contributed by atoms with Gasteiger partial charge in [-0.2, -0.15) is 0 Å². The Bertz CT molecular complexity index is 588. The van der Waals surface area contributed by atoms with Crippen LogP contribution in [0.2, 0.25) is 0 Å². The van der Waals surface area contributed by atoms with Gasteiger partial charge in [-0.3, -0.25) is 0 Å². The molecule has 2 saturated carbocycles. The zero-order valence-corrected chi connectivity index (χ0v) is 12.4. The highest BCUT2D eigenvalue weighted by Gasteiger charge is 2.51. The Morgan fingerprint density at radius 3 is 2.21 bits per heavy atom. The number of carboxylic acids is 1. The average Bonchev–Trinajstić information content (AvgIpc) is 3.24. The Morgan fingerprint density at radius 2 is 1.84 bits per heavy atom. The molecule has 0 radical (unpaired) electrons. The predicted molar refractivity (Wildman–Crippen MR) is 77.4 cm³/mol. The first-order chi connectivity index (χ1) is 8.94. The molecular formula is C15H19NO2S. The van der Waals surface area contributed by atoms with Crippen LogP contribution < -0.4 is 5.32 Å². The third-order valence-corrected chi connectivity index (χ3v) is 5.62. The smallest absolute Gasteiger partial charge is 0.329 e. The van der Waals surface area contributed by atoms with E-state index in [1.165, 1.54) is 26.5 Å². The molecule has 0 saturated heterocycles. The van der Waals surface area contributed by atoms with Crippen LogP contribution >= 0.6 is 11.3 Å². The van der Waals surface area contributed by atoms with E-state index < -0.39 is 11.5 Å². The second-order valence-electron chi connectivity index (χ2n) is 5.73. The molecule has 0 unspecified atom stereocenters. The summed E-state index contributed by atoms with van der Waals surface area (Å²) in [6.07, 6.45) is 3.68. The van der Waals surface area contributed by atoms with Crippen molar-refractivity contribution in [2.24, 2.45) is 0 Å². The minimum absolute atomic E-state index is 0.691. The van der Waals surface area contributed by atoms with Crippen LogP contribution in [0.25, 0.3) is 5.70 Å². The SMILES string of the molecule is Cc1sc(C(NC2(C(=O)O)CC2)=C2CC2)c(C)c1C. The number of rotatable bonds is 4. The summed E-state index contributed by atoms with van der Waals surface area (Å²) in [7, 11) is 0. The molecule has 4 heteroatoms. The molecule has 2 fully saturated rings. The van der Waals surface area contributed by atoms with Crippen LogP contribution in [0.1, 0.15) is 46.6 Å². The van der Waals surface area contributed by atoms with E-state index in [1.807, 2.05) is 0 Å². The summed E-state index contributed by atoms with van der Waals surface area (Å²) in [5.74, 6) is -0.714. The molecular weight excluding hydrogens is 258 g/mol. The largest absolute Gasteiger partial charge is 0.480 e. The molecule has 1 heterocycles. The van der Waals surface area contributed by atoms with E-state index in [0.29, 0.717) is 0 Å². The Kier molecular flexibility index (Phi) is 2.75. The standard InChI is InChI=1S/C15H19NO2S/c1-8-9(2)13(19-10(8)3)12(11-4-5-11)16-15(6-7-15)14(17)18/h16H,4-7H2,1-3H3,(H,17,18). The van der Waals surface area contributed by atoms with Gasteiger partial charge in [-0.25, -0.2) is 4.79 Å². The summed E-state index contributed by atoms with van der Waals surface area (Å²) in [5.41, 5.74) is 4.44. The molecule has 1 aromatic rings. The van der Waals surface area contributed by atoms with Crippen LogP contribution in [-0.2, 0) is 4.79 Å². The number of aliphatic carboxylic acids is 1. The van der Waals surface area contributed by atoms with Crippen molar-refractivity contribution >= 4 is 23.0 Å². The van der Waals surface area contributed by atoms with Gasteiger partial charge in [0.1, 0.15) is 5.54 Å². The van der Waals surface area contributed by atoms with E-state index in [-0.39, 0.29) is 0 Å². The summed E-state index contributed by atoms with van der Waals surface area (Å²) < 4.78 is 0. The molecule has 3 rings (SSSR count). The molecule has 102 valence electrons. The Balaban J connectivity index is 1.98. The maximum Gasteiger partial charge on any atom is 0.329 e. The zero-order valence-electron chi connectivity index (χ0n) is 11.6. The molecule has 2 aliphatic carbocycles. The lowest BCUT2D eigenvalue weighted by Crippen LogP contribution is -2.37. The van der Waals surface area contributed by atoms with Crippen LogP contribution in [0.3, 0.4) is 0 Å². The molecule has 0 aliphatic heterocycles. The fourth-order valence-electron chi connectivity index (χ4n) is 2.35. The number of nitrogens with one attached hydrogen (secondary N) is 1. The summed E-state index contributed by atoms with van der Waals surface area (Å²) >= 11 is 1.78. The van der Waals surface area contributed by atoms with Crippen molar-refractivity contribution in [3.63, 3.8) is 0 Å². The van der Waals surface area contributed by atoms with E-state index >= 15 is 0 Å². The van der Waals surface area contributed by atoms with Crippen LogP contribution in [0.15, 0.2) is 5.57 Å². The van der Waals surface area contributed by atoms with Crippen molar-refractivity contribution in [1.29, 1.82) is 0 Å². The Morgan fingerprint density at radius 1 is 1.21 bits per heavy atom. The molecule has 0 spiro atoms. The predicted octanol–water partition coefficient (Wildman–Crippen LogP) is 3.39. The highest BCUT2D eigenvalue weighted by Crippen LogP contribution is 2.45. The lowest BCUT2D eigenvalue weighted by atomic mass is 10.1. The van der Waals surface area contributed by atoms with Gasteiger partial charge in [0.2, 0.25) is 0 Å². The minimum atomic E-state index is -0.714. The van der Waals surface area contributed by atoms with Gasteiger partial charge in [-0.1, -0.05) is 0 Å². The van der Waals surface area contributed by atoms with Gasteiger partial charge in [0, 0.05) is 4.88 Å². The van der Waals surface area contributed by atoms with Crippen molar-refractivity contribution < 1.29 is 9.90 Å². The van der Waals surface area contributed by atoms with Gasteiger partial charge in [-0.05, 0) is 63.2 Å². The van der Waals surface area contributed by atoms with Gasteiger partial charge in [0.05, 0.1) is 10.6 Å². The maximum absolute atomic E-state index is 11.4. The van der Waals surface area contributed by atoms with E-state index in [1.54, 1.807) is 11.3 Å². The fraction of sp³-hybridized carbons (Fsp3) is 0.533. The van der Waals surface area contributed by atoms with Crippen LogP contribution in [-0.4, -0.2) is 16.6 Å². The van der Waals surface area contributed by atoms with Crippen LogP contribution in [0.5, 0.6) is 0 Å². The van der Waals surface area contributed by atoms with Gasteiger partial charge in [0.15, 0.2) is 0 Å². The average molecular weight is 277 g/mol.